The second-order valence-corrected chi connectivity index (χ2v) is 5.31. The van der Waals surface area contributed by atoms with Gasteiger partial charge >= 0.3 is 0 Å². The zero-order valence-corrected chi connectivity index (χ0v) is 11.7. The molecule has 72 valence electrons. The van der Waals surface area contributed by atoms with E-state index in [1.807, 2.05) is 0 Å². The number of halogens is 3. The standard InChI is InChI=1S/C8H13Br3O/c1-2-3-4-5-6(9)7(10)8(11)12/h6,12H,2-5H2,1H3/b8-7-. The molecule has 0 aliphatic carbocycles. The number of unbranched alkanes of at least 4 members (excludes halogenated alkanes) is 2. The van der Waals surface area contributed by atoms with Crippen molar-refractivity contribution in [3.63, 3.8) is 0 Å². The molecule has 4 heteroatoms. The molecule has 0 aromatic carbocycles. The molecular weight excluding hydrogens is 352 g/mol. The van der Waals surface area contributed by atoms with Crippen molar-refractivity contribution in [3.8, 4) is 0 Å². The highest BCUT2D eigenvalue weighted by molar-refractivity contribution is 9.15. The highest BCUT2D eigenvalue weighted by Crippen LogP contribution is 2.28. The van der Waals surface area contributed by atoms with Crippen LogP contribution in [-0.2, 0) is 0 Å². The number of aliphatic hydroxyl groups is 1. The Morgan fingerprint density at radius 2 is 1.92 bits per heavy atom. The third kappa shape index (κ3) is 5.60. The summed E-state index contributed by atoms with van der Waals surface area (Å²) in [4.78, 5) is 0.225. The monoisotopic (exact) mass is 362 g/mol. The summed E-state index contributed by atoms with van der Waals surface area (Å²) in [5.74, 6) is 0. The van der Waals surface area contributed by atoms with E-state index in [2.05, 4.69) is 54.7 Å². The molecule has 1 nitrogen and oxygen atoms in total. The largest absolute Gasteiger partial charge is 0.501 e. The fourth-order valence-electron chi connectivity index (χ4n) is 0.830. The van der Waals surface area contributed by atoms with Crippen LogP contribution in [0, 0.1) is 0 Å². The van der Waals surface area contributed by atoms with Gasteiger partial charge in [-0.15, -0.1) is 0 Å². The van der Waals surface area contributed by atoms with Crippen molar-refractivity contribution in [1.82, 2.24) is 0 Å². The van der Waals surface area contributed by atoms with E-state index >= 15 is 0 Å². The summed E-state index contributed by atoms with van der Waals surface area (Å²) in [5, 5.41) is 9.07. The SMILES string of the molecule is CCCCCC(Br)/C(Br)=C(/O)Br. The Hall–Kier alpha value is 0.980. The smallest absolute Gasteiger partial charge is 0.170 e. The molecule has 0 fully saturated rings. The zero-order chi connectivity index (χ0) is 9.56. The van der Waals surface area contributed by atoms with Crippen LogP contribution in [0.15, 0.2) is 9.15 Å². The number of hydrogen-bond acceptors (Lipinski definition) is 1. The topological polar surface area (TPSA) is 20.2 Å². The van der Waals surface area contributed by atoms with Crippen molar-refractivity contribution < 1.29 is 5.11 Å². The van der Waals surface area contributed by atoms with Gasteiger partial charge in [-0.2, -0.15) is 0 Å². The van der Waals surface area contributed by atoms with Gasteiger partial charge in [0.1, 0.15) is 0 Å². The third-order valence-electron chi connectivity index (χ3n) is 1.53. The number of rotatable bonds is 5. The summed E-state index contributed by atoms with van der Waals surface area (Å²) in [6.45, 7) is 2.18. The lowest BCUT2D eigenvalue weighted by molar-refractivity contribution is 0.456. The molecule has 12 heavy (non-hydrogen) atoms. The number of aliphatic hydroxyl groups excluding tert-OH is 1. The van der Waals surface area contributed by atoms with Gasteiger partial charge in [0.25, 0.3) is 0 Å². The Morgan fingerprint density at radius 3 is 2.33 bits per heavy atom. The van der Waals surface area contributed by atoms with Gasteiger partial charge in [0.15, 0.2) is 4.67 Å². The summed E-state index contributed by atoms with van der Waals surface area (Å²) in [6, 6.07) is 0. The predicted molar refractivity (Wildman–Crippen MR) is 64.4 cm³/mol. The molecule has 0 aliphatic heterocycles. The van der Waals surface area contributed by atoms with Gasteiger partial charge in [-0.25, -0.2) is 0 Å². The molecule has 0 aromatic heterocycles. The van der Waals surface area contributed by atoms with E-state index in [0.29, 0.717) is 0 Å². The van der Waals surface area contributed by atoms with E-state index in [4.69, 9.17) is 5.11 Å². The molecule has 0 aliphatic rings. The lowest BCUT2D eigenvalue weighted by Gasteiger charge is -2.08. The highest BCUT2D eigenvalue weighted by atomic mass is 79.9. The van der Waals surface area contributed by atoms with Gasteiger partial charge in [0, 0.05) is 0 Å². The molecule has 0 heterocycles. The second-order valence-electron chi connectivity index (χ2n) is 2.60. The first-order valence-corrected chi connectivity index (χ1v) is 6.48. The number of hydrogen-bond donors (Lipinski definition) is 1. The first-order chi connectivity index (χ1) is 5.59. The molecule has 0 bridgehead atoms. The van der Waals surface area contributed by atoms with Gasteiger partial charge in [0.05, 0.1) is 9.31 Å². The van der Waals surface area contributed by atoms with Crippen molar-refractivity contribution in [3.05, 3.63) is 9.15 Å². The van der Waals surface area contributed by atoms with E-state index in [-0.39, 0.29) is 9.50 Å². The highest BCUT2D eigenvalue weighted by Gasteiger charge is 2.10. The van der Waals surface area contributed by atoms with Crippen LogP contribution in [0.2, 0.25) is 0 Å². The summed E-state index contributed by atoms with van der Waals surface area (Å²) in [6.07, 6.45) is 4.69. The van der Waals surface area contributed by atoms with Crippen LogP contribution in [0.25, 0.3) is 0 Å². The average molecular weight is 365 g/mol. The van der Waals surface area contributed by atoms with Crippen molar-refractivity contribution in [2.75, 3.05) is 0 Å². The Labute approximate surface area is 99.0 Å². The minimum absolute atomic E-state index is 0.181. The molecule has 0 amide bonds. The maximum absolute atomic E-state index is 9.07. The summed E-state index contributed by atoms with van der Waals surface area (Å²) < 4.78 is 0.972. The zero-order valence-electron chi connectivity index (χ0n) is 6.99. The minimum Gasteiger partial charge on any atom is -0.501 e. The summed E-state index contributed by atoms with van der Waals surface area (Å²) in [5.41, 5.74) is 0. The van der Waals surface area contributed by atoms with Crippen LogP contribution in [0.4, 0.5) is 0 Å². The lowest BCUT2D eigenvalue weighted by Crippen LogP contribution is -1.98. The van der Waals surface area contributed by atoms with E-state index in [1.54, 1.807) is 0 Å². The van der Waals surface area contributed by atoms with E-state index in [0.717, 1.165) is 10.9 Å². The van der Waals surface area contributed by atoms with Crippen molar-refractivity contribution >= 4 is 47.8 Å². The Kier molecular flexibility index (Phi) is 7.99. The van der Waals surface area contributed by atoms with Crippen LogP contribution in [0.1, 0.15) is 32.6 Å². The Morgan fingerprint density at radius 1 is 1.33 bits per heavy atom. The fourth-order valence-corrected chi connectivity index (χ4v) is 2.18. The van der Waals surface area contributed by atoms with Gasteiger partial charge < -0.3 is 5.11 Å². The Balaban J connectivity index is 3.72. The summed E-state index contributed by atoms with van der Waals surface area (Å²) in [7, 11) is 0. The van der Waals surface area contributed by atoms with Crippen molar-refractivity contribution in [2.24, 2.45) is 0 Å². The minimum atomic E-state index is 0.181. The lowest BCUT2D eigenvalue weighted by atomic mass is 10.1. The molecule has 0 saturated carbocycles. The molecule has 0 spiro atoms. The van der Waals surface area contributed by atoms with Gasteiger partial charge in [-0.1, -0.05) is 42.1 Å². The fraction of sp³-hybridized carbons (Fsp3) is 0.750. The Bertz CT molecular complexity index is 152. The van der Waals surface area contributed by atoms with Crippen molar-refractivity contribution in [2.45, 2.75) is 37.4 Å². The molecule has 0 radical (unpaired) electrons. The first-order valence-electron chi connectivity index (χ1n) is 3.97. The van der Waals surface area contributed by atoms with Crippen LogP contribution < -0.4 is 0 Å². The molecule has 0 aromatic rings. The number of allylic oxidation sites excluding steroid dienone is 1. The van der Waals surface area contributed by atoms with E-state index in [9.17, 15) is 0 Å². The molecular formula is C8H13Br3O. The van der Waals surface area contributed by atoms with Gasteiger partial charge in [-0.05, 0) is 38.3 Å². The van der Waals surface area contributed by atoms with E-state index < -0.39 is 0 Å². The van der Waals surface area contributed by atoms with Gasteiger partial charge in [0.2, 0.25) is 0 Å². The maximum atomic E-state index is 9.07. The van der Waals surface area contributed by atoms with Gasteiger partial charge in [-0.3, -0.25) is 0 Å². The molecule has 1 unspecified atom stereocenters. The second kappa shape index (κ2) is 7.39. The van der Waals surface area contributed by atoms with Crippen LogP contribution in [0.3, 0.4) is 0 Å². The molecule has 0 saturated heterocycles. The maximum Gasteiger partial charge on any atom is 0.170 e. The first kappa shape index (κ1) is 13.0. The predicted octanol–water partition coefficient (Wildman–Crippen LogP) is 4.85. The number of alkyl halides is 1. The quantitative estimate of drug-likeness (QED) is 0.420. The normalized spacial score (nSPS) is 15.7. The molecule has 1 atom stereocenters. The van der Waals surface area contributed by atoms with E-state index in [1.165, 1.54) is 19.3 Å². The third-order valence-corrected chi connectivity index (χ3v) is 4.95. The molecule has 1 N–H and O–H groups in total. The van der Waals surface area contributed by atoms with Crippen LogP contribution in [-0.4, -0.2) is 9.93 Å². The average Bonchev–Trinajstić information content (AvgIpc) is 2.03. The van der Waals surface area contributed by atoms with Crippen molar-refractivity contribution in [1.29, 1.82) is 0 Å². The molecule has 0 rings (SSSR count). The van der Waals surface area contributed by atoms with Crippen LogP contribution >= 0.6 is 47.8 Å². The summed E-state index contributed by atoms with van der Waals surface area (Å²) >= 11 is 9.78. The van der Waals surface area contributed by atoms with Crippen LogP contribution in [0.5, 0.6) is 0 Å².